The number of nitrogens with one attached hydrogen (secondary N) is 1. The van der Waals surface area contributed by atoms with Crippen LogP contribution in [0.25, 0.3) is 0 Å². The van der Waals surface area contributed by atoms with Crippen molar-refractivity contribution >= 4 is 40.9 Å². The third kappa shape index (κ3) is 5.76. The van der Waals surface area contributed by atoms with Crippen LogP contribution in [0.2, 0.25) is 10.0 Å². The molecule has 1 N–H and O–H groups in total. The van der Waals surface area contributed by atoms with E-state index in [1.807, 2.05) is 16.7 Å². The molecule has 0 unspecified atom stereocenters. The van der Waals surface area contributed by atoms with E-state index in [2.05, 4.69) is 22.1 Å². The van der Waals surface area contributed by atoms with Gasteiger partial charge in [0.25, 0.3) is 5.91 Å². The molecule has 0 aliphatic carbocycles. The first-order chi connectivity index (χ1) is 15.5. The summed E-state index contributed by atoms with van der Waals surface area (Å²) in [5, 5.41) is 13.1. The lowest BCUT2D eigenvalue weighted by Gasteiger charge is -2.11. The average molecular weight is 493 g/mol. The smallest absolute Gasteiger partial charge is 0.251 e. The SMILES string of the molecule is C=CCn1c(CNC(=O)c2ccc(OC)c(OC)c2)nnc1SCc1ccc(Cl)c(Cl)c1. The predicted molar refractivity (Wildman–Crippen MR) is 127 cm³/mol. The number of nitrogens with zero attached hydrogens (tertiary/aromatic N) is 3. The topological polar surface area (TPSA) is 78.3 Å². The van der Waals surface area contributed by atoms with E-state index >= 15 is 0 Å². The van der Waals surface area contributed by atoms with Crippen LogP contribution in [0.4, 0.5) is 0 Å². The van der Waals surface area contributed by atoms with Crippen molar-refractivity contribution in [3.8, 4) is 11.5 Å². The van der Waals surface area contributed by atoms with Crippen LogP contribution in [-0.4, -0.2) is 34.9 Å². The Balaban J connectivity index is 1.69. The van der Waals surface area contributed by atoms with Gasteiger partial charge in [0.05, 0.1) is 30.8 Å². The molecule has 1 aromatic heterocycles. The number of methoxy groups -OCH3 is 2. The average Bonchev–Trinajstić information content (AvgIpc) is 3.19. The Kier molecular flexibility index (Phi) is 8.44. The van der Waals surface area contributed by atoms with E-state index in [0.29, 0.717) is 50.4 Å². The molecule has 0 saturated heterocycles. The second-order valence-corrected chi connectivity index (χ2v) is 8.34. The number of benzene rings is 2. The summed E-state index contributed by atoms with van der Waals surface area (Å²) in [6, 6.07) is 10.5. The van der Waals surface area contributed by atoms with Gasteiger partial charge in [-0.1, -0.05) is 47.1 Å². The lowest BCUT2D eigenvalue weighted by Crippen LogP contribution is -2.25. The largest absolute Gasteiger partial charge is 0.493 e. The molecular formula is C22H22Cl2N4O3S. The number of aromatic nitrogens is 3. The summed E-state index contributed by atoms with van der Waals surface area (Å²) in [5.74, 6) is 2.04. The molecule has 0 saturated carbocycles. The summed E-state index contributed by atoms with van der Waals surface area (Å²) < 4.78 is 12.4. The standard InChI is InChI=1S/C22H22Cl2N4O3S/c1-4-9-28-20(12-25-21(29)15-6-8-18(30-2)19(11-15)31-3)26-27-22(28)32-13-14-5-7-16(23)17(24)10-14/h4-8,10-11H,1,9,12-13H2,2-3H3,(H,25,29). The van der Waals surface area contributed by atoms with Crippen molar-refractivity contribution in [2.24, 2.45) is 0 Å². The van der Waals surface area contributed by atoms with Crippen LogP contribution >= 0.6 is 35.0 Å². The lowest BCUT2D eigenvalue weighted by atomic mass is 10.2. The highest BCUT2D eigenvalue weighted by Crippen LogP contribution is 2.28. The number of rotatable bonds is 10. The minimum atomic E-state index is -0.260. The van der Waals surface area contributed by atoms with E-state index in [1.165, 1.54) is 18.9 Å². The minimum Gasteiger partial charge on any atom is -0.493 e. The third-order valence-electron chi connectivity index (χ3n) is 4.51. The van der Waals surface area contributed by atoms with Gasteiger partial charge in [0.1, 0.15) is 0 Å². The van der Waals surface area contributed by atoms with E-state index in [-0.39, 0.29) is 12.5 Å². The number of hydrogen-bond donors (Lipinski definition) is 1. The summed E-state index contributed by atoms with van der Waals surface area (Å²) in [6.45, 7) is 4.53. The van der Waals surface area contributed by atoms with Gasteiger partial charge in [-0.2, -0.15) is 0 Å². The maximum absolute atomic E-state index is 12.6. The molecule has 0 fully saturated rings. The Morgan fingerprint density at radius 2 is 1.91 bits per heavy atom. The molecule has 0 radical (unpaired) electrons. The highest BCUT2D eigenvalue weighted by molar-refractivity contribution is 7.98. The zero-order valence-corrected chi connectivity index (χ0v) is 19.9. The normalized spacial score (nSPS) is 10.6. The van der Waals surface area contributed by atoms with Crippen LogP contribution in [0.1, 0.15) is 21.7 Å². The van der Waals surface area contributed by atoms with Crippen molar-refractivity contribution in [2.75, 3.05) is 14.2 Å². The number of allylic oxidation sites excluding steroid dienone is 1. The predicted octanol–water partition coefficient (Wildman–Crippen LogP) is 5.01. The van der Waals surface area contributed by atoms with E-state index in [4.69, 9.17) is 32.7 Å². The Labute approximate surface area is 200 Å². The van der Waals surface area contributed by atoms with Gasteiger partial charge in [0.15, 0.2) is 22.5 Å². The Morgan fingerprint density at radius 1 is 1.12 bits per heavy atom. The molecule has 10 heteroatoms. The number of halogens is 2. The van der Waals surface area contributed by atoms with Gasteiger partial charge in [-0.15, -0.1) is 16.8 Å². The maximum Gasteiger partial charge on any atom is 0.251 e. The molecule has 0 spiro atoms. The summed E-state index contributed by atoms with van der Waals surface area (Å²) in [6.07, 6.45) is 1.76. The number of thioether (sulfide) groups is 1. The van der Waals surface area contributed by atoms with Gasteiger partial charge in [0, 0.05) is 17.9 Å². The van der Waals surface area contributed by atoms with Crippen molar-refractivity contribution in [1.82, 2.24) is 20.1 Å². The van der Waals surface area contributed by atoms with Gasteiger partial charge >= 0.3 is 0 Å². The Bertz CT molecular complexity index is 1120. The zero-order chi connectivity index (χ0) is 23.1. The first-order valence-corrected chi connectivity index (χ1v) is 11.3. The molecule has 32 heavy (non-hydrogen) atoms. The van der Waals surface area contributed by atoms with Gasteiger partial charge in [-0.3, -0.25) is 4.79 Å². The highest BCUT2D eigenvalue weighted by Gasteiger charge is 2.15. The second-order valence-electron chi connectivity index (χ2n) is 6.59. The summed E-state index contributed by atoms with van der Waals surface area (Å²) in [5.41, 5.74) is 1.47. The first kappa shape index (κ1) is 24.0. The second kappa shape index (κ2) is 11.3. The fourth-order valence-electron chi connectivity index (χ4n) is 2.89. The Hall–Kier alpha value is -2.68. The molecular weight excluding hydrogens is 471 g/mol. The Morgan fingerprint density at radius 3 is 2.59 bits per heavy atom. The van der Waals surface area contributed by atoms with Crippen LogP contribution in [0.3, 0.4) is 0 Å². The number of amides is 1. The van der Waals surface area contributed by atoms with Crippen LogP contribution in [-0.2, 0) is 18.8 Å². The molecule has 7 nitrogen and oxygen atoms in total. The van der Waals surface area contributed by atoms with Crippen molar-refractivity contribution in [2.45, 2.75) is 24.0 Å². The number of carbonyl (C=O) groups excluding carboxylic acids is 1. The van der Waals surface area contributed by atoms with Crippen molar-refractivity contribution in [3.63, 3.8) is 0 Å². The molecule has 0 atom stereocenters. The molecule has 1 amide bonds. The van der Waals surface area contributed by atoms with Crippen LogP contribution in [0.15, 0.2) is 54.2 Å². The molecule has 0 bridgehead atoms. The number of hydrogen-bond acceptors (Lipinski definition) is 6. The summed E-state index contributed by atoms with van der Waals surface area (Å²) in [4.78, 5) is 12.6. The van der Waals surface area contributed by atoms with E-state index in [0.717, 1.165) is 5.56 Å². The highest BCUT2D eigenvalue weighted by atomic mass is 35.5. The lowest BCUT2D eigenvalue weighted by molar-refractivity contribution is 0.0949. The molecule has 3 rings (SSSR count). The van der Waals surface area contributed by atoms with Gasteiger partial charge < -0.3 is 19.4 Å². The van der Waals surface area contributed by atoms with Crippen molar-refractivity contribution in [3.05, 3.63) is 76.0 Å². The quantitative estimate of drug-likeness (QED) is 0.316. The van der Waals surface area contributed by atoms with Crippen molar-refractivity contribution < 1.29 is 14.3 Å². The van der Waals surface area contributed by atoms with Crippen LogP contribution < -0.4 is 14.8 Å². The van der Waals surface area contributed by atoms with Gasteiger partial charge in [-0.25, -0.2) is 0 Å². The molecule has 0 aliphatic heterocycles. The molecule has 2 aromatic carbocycles. The summed E-state index contributed by atoms with van der Waals surface area (Å²) in [7, 11) is 3.07. The number of carbonyl (C=O) groups is 1. The minimum absolute atomic E-state index is 0.210. The monoisotopic (exact) mass is 492 g/mol. The van der Waals surface area contributed by atoms with E-state index in [1.54, 1.807) is 37.5 Å². The first-order valence-electron chi connectivity index (χ1n) is 9.56. The zero-order valence-electron chi connectivity index (χ0n) is 17.6. The van der Waals surface area contributed by atoms with E-state index < -0.39 is 0 Å². The van der Waals surface area contributed by atoms with Crippen LogP contribution in [0, 0.1) is 0 Å². The molecule has 0 aliphatic rings. The van der Waals surface area contributed by atoms with Crippen molar-refractivity contribution in [1.29, 1.82) is 0 Å². The fourth-order valence-corrected chi connectivity index (χ4v) is 4.12. The van der Waals surface area contributed by atoms with Gasteiger partial charge in [0.2, 0.25) is 0 Å². The number of ether oxygens (including phenoxy) is 2. The fraction of sp³-hybridized carbons (Fsp3) is 0.227. The third-order valence-corrected chi connectivity index (χ3v) is 6.29. The molecule has 1 heterocycles. The van der Waals surface area contributed by atoms with E-state index in [9.17, 15) is 4.79 Å². The maximum atomic E-state index is 12.6. The summed E-state index contributed by atoms with van der Waals surface area (Å²) >= 11 is 13.6. The van der Waals surface area contributed by atoms with Crippen LogP contribution in [0.5, 0.6) is 11.5 Å². The molecule has 168 valence electrons. The van der Waals surface area contributed by atoms with Gasteiger partial charge in [-0.05, 0) is 35.9 Å². The molecule has 3 aromatic rings.